The topological polar surface area (TPSA) is 43.6 Å². The number of aromatic nitrogens is 4. The molecule has 0 bridgehead atoms. The molecule has 0 aliphatic carbocycles. The number of rotatable bonds is 7. The largest absolute Gasteiger partial charge is 0.309 e. The Morgan fingerprint density at radius 2 is 0.887 bits per heavy atom. The zero-order valence-electron chi connectivity index (χ0n) is 38.1. The van der Waals surface area contributed by atoms with E-state index in [1.54, 1.807) is 11.3 Å². The standard InChI is InChI=1S/C57H36N4S/c1-4-15-37(16-5-1)39-27-29-40(30-28-39)43-31-32-53-48(34-43)49-35-45(61-51-25-12-10-23-46(51)47-24-11-13-26-52(47)61)36-50(54(49)62-53)57-59-55(41-19-8-3-9-20-41)58-56(60-57)44-22-14-21-42(33-44)38-17-6-2-7-18-38/h1-36H/i3D,8D,9D,19D,20D. The third-order valence-corrected chi connectivity index (χ3v) is 12.8. The Bertz CT molecular complexity index is 3840. The van der Waals surface area contributed by atoms with Gasteiger partial charge in [0.2, 0.25) is 0 Å². The van der Waals surface area contributed by atoms with E-state index >= 15 is 0 Å². The third kappa shape index (κ3) is 6.26. The highest BCUT2D eigenvalue weighted by molar-refractivity contribution is 7.26. The Morgan fingerprint density at radius 1 is 0.371 bits per heavy atom. The summed E-state index contributed by atoms with van der Waals surface area (Å²) < 4.78 is 47.9. The molecule has 3 heterocycles. The van der Waals surface area contributed by atoms with Crippen LogP contribution in [-0.2, 0) is 0 Å². The zero-order chi connectivity index (χ0) is 45.3. The number of benzene rings is 9. The van der Waals surface area contributed by atoms with Crippen molar-refractivity contribution < 1.29 is 6.85 Å². The van der Waals surface area contributed by atoms with E-state index in [4.69, 9.17) is 21.8 Å². The number of fused-ring (bicyclic) bond motifs is 6. The van der Waals surface area contributed by atoms with Crippen LogP contribution in [0.25, 0.3) is 115 Å². The summed E-state index contributed by atoms with van der Waals surface area (Å²) >= 11 is 1.65. The second-order valence-corrected chi connectivity index (χ2v) is 16.3. The van der Waals surface area contributed by atoms with Gasteiger partial charge in [-0.25, -0.2) is 15.0 Å². The lowest BCUT2D eigenvalue weighted by molar-refractivity contribution is 1.07. The molecule has 0 saturated heterocycles. The van der Waals surface area contributed by atoms with Gasteiger partial charge >= 0.3 is 0 Å². The van der Waals surface area contributed by atoms with Crippen molar-refractivity contribution >= 4 is 53.3 Å². The first-order valence-electron chi connectivity index (χ1n) is 22.9. The fraction of sp³-hybridized carbons (Fsp3) is 0. The van der Waals surface area contributed by atoms with Crippen LogP contribution in [0.5, 0.6) is 0 Å². The maximum absolute atomic E-state index is 9.03. The van der Waals surface area contributed by atoms with E-state index in [-0.39, 0.29) is 23.5 Å². The third-order valence-electron chi connectivity index (χ3n) is 11.5. The van der Waals surface area contributed by atoms with Gasteiger partial charge in [-0.05, 0) is 75.8 Å². The van der Waals surface area contributed by atoms with Crippen molar-refractivity contribution in [2.45, 2.75) is 0 Å². The zero-order valence-corrected chi connectivity index (χ0v) is 33.9. The van der Waals surface area contributed by atoms with Crippen molar-refractivity contribution in [3.63, 3.8) is 0 Å². The normalized spacial score (nSPS) is 12.7. The highest BCUT2D eigenvalue weighted by Crippen LogP contribution is 2.44. The summed E-state index contributed by atoms with van der Waals surface area (Å²) in [6, 6.07) is 62.6. The molecule has 290 valence electrons. The molecule has 0 amide bonds. The van der Waals surface area contributed by atoms with Gasteiger partial charge in [0.25, 0.3) is 0 Å². The van der Waals surface area contributed by atoms with E-state index in [0.717, 1.165) is 81.0 Å². The average Bonchev–Trinajstić information content (AvgIpc) is 3.93. The van der Waals surface area contributed by atoms with Crippen LogP contribution in [0.3, 0.4) is 0 Å². The second-order valence-electron chi connectivity index (χ2n) is 15.2. The Kier molecular flexibility index (Phi) is 7.46. The first-order chi connectivity index (χ1) is 32.8. The summed E-state index contributed by atoms with van der Waals surface area (Å²) in [6.45, 7) is 0. The second kappa shape index (κ2) is 14.9. The predicted molar refractivity (Wildman–Crippen MR) is 260 cm³/mol. The monoisotopic (exact) mass is 813 g/mol. The number of para-hydroxylation sites is 2. The van der Waals surface area contributed by atoms with Crippen molar-refractivity contribution in [3.8, 4) is 73.2 Å². The predicted octanol–water partition coefficient (Wildman–Crippen LogP) is 15.3. The molecular weight excluding hydrogens is 773 g/mol. The Labute approximate surface area is 369 Å². The van der Waals surface area contributed by atoms with Crippen LogP contribution in [0.15, 0.2) is 218 Å². The molecule has 12 aromatic rings. The average molecular weight is 814 g/mol. The highest BCUT2D eigenvalue weighted by atomic mass is 32.1. The van der Waals surface area contributed by atoms with Gasteiger partial charge in [0.05, 0.1) is 17.9 Å². The van der Waals surface area contributed by atoms with Gasteiger partial charge in [0.15, 0.2) is 17.5 Å². The molecule has 0 fully saturated rings. The molecule has 5 heteroatoms. The van der Waals surface area contributed by atoms with Crippen LogP contribution in [0.4, 0.5) is 0 Å². The molecule has 12 rings (SSSR count). The smallest absolute Gasteiger partial charge is 0.165 e. The van der Waals surface area contributed by atoms with Crippen LogP contribution in [0.1, 0.15) is 6.85 Å². The van der Waals surface area contributed by atoms with Gasteiger partial charge in [0, 0.05) is 53.3 Å². The van der Waals surface area contributed by atoms with E-state index in [1.165, 1.54) is 5.56 Å². The summed E-state index contributed by atoms with van der Waals surface area (Å²) in [5, 5.41) is 4.33. The van der Waals surface area contributed by atoms with Gasteiger partial charge in [-0.3, -0.25) is 0 Å². The molecule has 4 nitrogen and oxygen atoms in total. The summed E-state index contributed by atoms with van der Waals surface area (Å²) in [4.78, 5) is 15.3. The van der Waals surface area contributed by atoms with Crippen molar-refractivity contribution in [2.24, 2.45) is 0 Å². The first kappa shape index (κ1) is 31.0. The summed E-state index contributed by atoms with van der Waals surface area (Å²) in [5.74, 6) is 0.607. The van der Waals surface area contributed by atoms with Gasteiger partial charge in [-0.1, -0.05) is 176 Å². The Morgan fingerprint density at radius 3 is 1.58 bits per heavy atom. The van der Waals surface area contributed by atoms with Crippen molar-refractivity contribution in [1.29, 1.82) is 0 Å². The van der Waals surface area contributed by atoms with Gasteiger partial charge < -0.3 is 4.57 Å². The molecule has 9 aromatic carbocycles. The number of nitrogens with zero attached hydrogens (tertiary/aromatic N) is 4. The van der Waals surface area contributed by atoms with Crippen molar-refractivity contribution in [3.05, 3.63) is 218 Å². The molecule has 0 saturated carbocycles. The van der Waals surface area contributed by atoms with Crippen molar-refractivity contribution in [2.75, 3.05) is 0 Å². The molecule has 0 atom stereocenters. The Balaban J connectivity index is 1.14. The lowest BCUT2D eigenvalue weighted by atomic mass is 9.98. The SMILES string of the molecule is [2H]c1c([2H])c([2H])c(-c2nc(-c3cccc(-c4ccccc4)c3)nc(-c3cc(-n4c5ccccc5c5ccccc54)cc4c3sc3ccc(-c5ccc(-c6ccccc6)cc5)cc34)n2)c([2H])c1[2H]. The van der Waals surface area contributed by atoms with E-state index in [1.807, 2.05) is 60.7 Å². The molecule has 0 aliphatic heterocycles. The molecule has 0 radical (unpaired) electrons. The molecule has 62 heavy (non-hydrogen) atoms. The summed E-state index contributed by atoms with van der Waals surface area (Å²) in [6.07, 6.45) is 0. The molecule has 0 N–H and O–H groups in total. The number of hydrogen-bond acceptors (Lipinski definition) is 4. The molecule has 0 aliphatic rings. The fourth-order valence-electron chi connectivity index (χ4n) is 8.59. The lowest BCUT2D eigenvalue weighted by Crippen LogP contribution is -2.01. The Hall–Kier alpha value is -7.99. The maximum Gasteiger partial charge on any atom is 0.165 e. The lowest BCUT2D eigenvalue weighted by Gasteiger charge is -2.13. The molecular formula is C57H36N4S. The van der Waals surface area contributed by atoms with Crippen LogP contribution in [-0.4, -0.2) is 19.5 Å². The number of hydrogen-bond donors (Lipinski definition) is 0. The summed E-state index contributed by atoms with van der Waals surface area (Å²) in [5.41, 5.74) is 10.8. The van der Waals surface area contributed by atoms with Gasteiger partial charge in [-0.15, -0.1) is 11.3 Å². The van der Waals surface area contributed by atoms with Gasteiger partial charge in [0.1, 0.15) is 0 Å². The minimum atomic E-state index is -0.485. The van der Waals surface area contributed by atoms with E-state index in [9.17, 15) is 0 Å². The minimum Gasteiger partial charge on any atom is -0.309 e. The maximum atomic E-state index is 9.03. The van der Waals surface area contributed by atoms with Crippen LogP contribution in [0.2, 0.25) is 0 Å². The van der Waals surface area contributed by atoms with Gasteiger partial charge in [-0.2, -0.15) is 0 Å². The fourth-order valence-corrected chi connectivity index (χ4v) is 9.77. The van der Waals surface area contributed by atoms with E-state index in [2.05, 4.69) is 132 Å². The summed E-state index contributed by atoms with van der Waals surface area (Å²) in [7, 11) is 0. The van der Waals surface area contributed by atoms with Crippen LogP contribution >= 0.6 is 11.3 Å². The van der Waals surface area contributed by atoms with Crippen LogP contribution < -0.4 is 0 Å². The highest BCUT2D eigenvalue weighted by Gasteiger charge is 2.21. The molecule has 3 aromatic heterocycles. The van der Waals surface area contributed by atoms with E-state index < -0.39 is 18.1 Å². The number of thiophene rings is 1. The van der Waals surface area contributed by atoms with E-state index in [0.29, 0.717) is 17.2 Å². The molecule has 0 unspecified atom stereocenters. The van der Waals surface area contributed by atoms with Crippen molar-refractivity contribution in [1.82, 2.24) is 19.5 Å². The minimum absolute atomic E-state index is 0.0140. The van der Waals surface area contributed by atoms with Crippen LogP contribution in [0, 0.1) is 0 Å². The first-order valence-corrected chi connectivity index (χ1v) is 21.2. The molecule has 0 spiro atoms. The quantitative estimate of drug-likeness (QED) is 0.161.